The molecule has 1 aromatic heterocycles. The van der Waals surface area contributed by atoms with Gasteiger partial charge in [-0.1, -0.05) is 0 Å². The Bertz CT molecular complexity index is 420. The van der Waals surface area contributed by atoms with E-state index in [-0.39, 0.29) is 0 Å². The second-order valence-corrected chi connectivity index (χ2v) is 2.99. The highest BCUT2D eigenvalue weighted by molar-refractivity contribution is 5.69. The minimum Gasteiger partial charge on any atom is -0.397 e. The van der Waals surface area contributed by atoms with Gasteiger partial charge in [0.25, 0.3) is 0 Å². The predicted molar refractivity (Wildman–Crippen MR) is 57.5 cm³/mol. The Hall–Kier alpha value is -1.97. The van der Waals surface area contributed by atoms with Crippen molar-refractivity contribution in [3.05, 3.63) is 36.9 Å². The summed E-state index contributed by atoms with van der Waals surface area (Å²) in [7, 11) is 1.85. The molecule has 0 spiro atoms. The highest BCUT2D eigenvalue weighted by Crippen LogP contribution is 2.21. The first-order chi connectivity index (χ1) is 6.81. The smallest absolute Gasteiger partial charge is 0.0991 e. The molecule has 1 aromatic carbocycles. The lowest BCUT2D eigenvalue weighted by atomic mass is 10.2. The molecule has 2 aromatic rings. The van der Waals surface area contributed by atoms with Gasteiger partial charge in [0, 0.05) is 25.1 Å². The summed E-state index contributed by atoms with van der Waals surface area (Å²) in [5.74, 6) is 0. The van der Waals surface area contributed by atoms with Crippen LogP contribution in [-0.4, -0.2) is 16.6 Å². The van der Waals surface area contributed by atoms with Crippen LogP contribution >= 0.6 is 0 Å². The normalized spacial score (nSPS) is 10.1. The minimum atomic E-state index is 0.747. The van der Waals surface area contributed by atoms with Crippen LogP contribution in [0.1, 0.15) is 0 Å². The van der Waals surface area contributed by atoms with Crippen molar-refractivity contribution in [1.29, 1.82) is 0 Å². The van der Waals surface area contributed by atoms with Crippen LogP contribution in [-0.2, 0) is 0 Å². The maximum Gasteiger partial charge on any atom is 0.0991 e. The zero-order chi connectivity index (χ0) is 9.97. The second kappa shape index (κ2) is 3.41. The summed E-state index contributed by atoms with van der Waals surface area (Å²) >= 11 is 0. The van der Waals surface area contributed by atoms with E-state index in [2.05, 4.69) is 10.3 Å². The summed E-state index contributed by atoms with van der Waals surface area (Å²) < 4.78 is 1.93. The van der Waals surface area contributed by atoms with Gasteiger partial charge >= 0.3 is 0 Å². The number of rotatable bonds is 2. The molecule has 0 bridgehead atoms. The number of nitrogen functional groups attached to an aromatic ring is 1. The Kier molecular flexibility index (Phi) is 2.10. The number of anilines is 2. The van der Waals surface area contributed by atoms with E-state index < -0.39 is 0 Å². The first kappa shape index (κ1) is 8.62. The van der Waals surface area contributed by atoms with Crippen LogP contribution in [0.5, 0.6) is 0 Å². The molecule has 4 nitrogen and oxygen atoms in total. The fraction of sp³-hybridized carbons (Fsp3) is 0.100. The Balaban J connectivity index is 2.46. The van der Waals surface area contributed by atoms with E-state index in [4.69, 9.17) is 5.73 Å². The van der Waals surface area contributed by atoms with Gasteiger partial charge in [0.05, 0.1) is 17.7 Å². The molecule has 3 N–H and O–H groups in total. The summed E-state index contributed by atoms with van der Waals surface area (Å²) in [6.45, 7) is 0. The van der Waals surface area contributed by atoms with Crippen molar-refractivity contribution in [3.63, 3.8) is 0 Å². The summed E-state index contributed by atoms with van der Waals surface area (Å²) in [5, 5.41) is 3.04. The van der Waals surface area contributed by atoms with Crippen LogP contribution in [0.15, 0.2) is 36.9 Å². The van der Waals surface area contributed by atoms with Crippen molar-refractivity contribution >= 4 is 11.4 Å². The average Bonchev–Trinajstić information content (AvgIpc) is 2.71. The fourth-order valence-electron chi connectivity index (χ4n) is 1.33. The largest absolute Gasteiger partial charge is 0.397 e. The van der Waals surface area contributed by atoms with Crippen molar-refractivity contribution in [2.24, 2.45) is 0 Å². The lowest BCUT2D eigenvalue weighted by Crippen LogP contribution is -1.98. The highest BCUT2D eigenvalue weighted by Gasteiger charge is 1.99. The molecular weight excluding hydrogens is 176 g/mol. The van der Waals surface area contributed by atoms with Gasteiger partial charge in [-0.25, -0.2) is 4.98 Å². The summed E-state index contributed by atoms with van der Waals surface area (Å²) in [6.07, 6.45) is 5.39. The Labute approximate surface area is 82.4 Å². The van der Waals surface area contributed by atoms with Gasteiger partial charge in [-0.3, -0.25) is 0 Å². The van der Waals surface area contributed by atoms with Gasteiger partial charge in [-0.2, -0.15) is 0 Å². The SMILES string of the molecule is CNc1cc(-n2ccnc2)ccc1N. The maximum atomic E-state index is 5.77. The molecule has 0 amide bonds. The van der Waals surface area contributed by atoms with E-state index in [1.807, 2.05) is 36.0 Å². The average molecular weight is 188 g/mol. The number of imidazole rings is 1. The number of benzene rings is 1. The standard InChI is InChI=1S/C10H12N4/c1-12-10-6-8(2-3-9(10)11)14-5-4-13-7-14/h2-7,12H,11H2,1H3. The van der Waals surface area contributed by atoms with Crippen molar-refractivity contribution in [3.8, 4) is 5.69 Å². The van der Waals surface area contributed by atoms with Gasteiger partial charge in [-0.05, 0) is 18.2 Å². The molecule has 0 aliphatic carbocycles. The minimum absolute atomic E-state index is 0.747. The van der Waals surface area contributed by atoms with Crippen molar-refractivity contribution in [1.82, 2.24) is 9.55 Å². The van der Waals surface area contributed by atoms with E-state index in [1.165, 1.54) is 0 Å². The van der Waals surface area contributed by atoms with Gasteiger partial charge in [0.1, 0.15) is 0 Å². The number of nitrogens with one attached hydrogen (secondary N) is 1. The highest BCUT2D eigenvalue weighted by atomic mass is 15.0. The lowest BCUT2D eigenvalue weighted by Gasteiger charge is -2.08. The van der Waals surface area contributed by atoms with Crippen LogP contribution in [0.3, 0.4) is 0 Å². The molecule has 0 fully saturated rings. The zero-order valence-corrected chi connectivity index (χ0v) is 7.94. The van der Waals surface area contributed by atoms with E-state index in [0.29, 0.717) is 0 Å². The van der Waals surface area contributed by atoms with Crippen LogP contribution < -0.4 is 11.1 Å². The van der Waals surface area contributed by atoms with Gasteiger partial charge in [-0.15, -0.1) is 0 Å². The van der Waals surface area contributed by atoms with Gasteiger partial charge < -0.3 is 15.6 Å². The fourth-order valence-corrected chi connectivity index (χ4v) is 1.33. The summed E-state index contributed by atoms with van der Waals surface area (Å²) in [6, 6.07) is 5.82. The number of nitrogens with zero attached hydrogens (tertiary/aromatic N) is 2. The van der Waals surface area contributed by atoms with E-state index in [1.54, 1.807) is 12.5 Å². The first-order valence-electron chi connectivity index (χ1n) is 4.37. The van der Waals surface area contributed by atoms with Gasteiger partial charge in [0.15, 0.2) is 0 Å². The molecule has 2 rings (SSSR count). The van der Waals surface area contributed by atoms with E-state index in [9.17, 15) is 0 Å². The van der Waals surface area contributed by atoms with Crippen molar-refractivity contribution < 1.29 is 0 Å². The maximum absolute atomic E-state index is 5.77. The molecule has 0 atom stereocenters. The number of aromatic nitrogens is 2. The molecule has 0 aliphatic rings. The third-order valence-corrected chi connectivity index (χ3v) is 2.11. The third-order valence-electron chi connectivity index (χ3n) is 2.11. The number of hydrogen-bond acceptors (Lipinski definition) is 3. The molecule has 72 valence electrons. The second-order valence-electron chi connectivity index (χ2n) is 2.99. The quantitative estimate of drug-likeness (QED) is 0.702. The van der Waals surface area contributed by atoms with Crippen LogP contribution in [0, 0.1) is 0 Å². The molecule has 0 unspecified atom stereocenters. The Morgan fingerprint density at radius 3 is 2.93 bits per heavy atom. The molecule has 0 aliphatic heterocycles. The van der Waals surface area contributed by atoms with Gasteiger partial charge in [0.2, 0.25) is 0 Å². The Morgan fingerprint density at radius 1 is 1.43 bits per heavy atom. The van der Waals surface area contributed by atoms with Crippen LogP contribution in [0.4, 0.5) is 11.4 Å². The third kappa shape index (κ3) is 1.42. The molecule has 14 heavy (non-hydrogen) atoms. The molecule has 4 heteroatoms. The predicted octanol–water partition coefficient (Wildman–Crippen LogP) is 1.50. The lowest BCUT2D eigenvalue weighted by molar-refractivity contribution is 1.06. The molecule has 0 radical (unpaired) electrons. The zero-order valence-electron chi connectivity index (χ0n) is 7.94. The number of nitrogens with two attached hydrogens (primary N) is 1. The van der Waals surface area contributed by atoms with E-state index >= 15 is 0 Å². The summed E-state index contributed by atoms with van der Waals surface area (Å²) in [4.78, 5) is 3.99. The monoisotopic (exact) mass is 188 g/mol. The van der Waals surface area contributed by atoms with E-state index in [0.717, 1.165) is 17.1 Å². The topological polar surface area (TPSA) is 55.9 Å². The molecule has 0 saturated carbocycles. The van der Waals surface area contributed by atoms with Crippen molar-refractivity contribution in [2.45, 2.75) is 0 Å². The first-order valence-corrected chi connectivity index (χ1v) is 4.37. The molecular formula is C10H12N4. The molecule has 0 saturated heterocycles. The summed E-state index contributed by atoms with van der Waals surface area (Å²) in [5.41, 5.74) is 8.48. The number of hydrogen-bond donors (Lipinski definition) is 2. The van der Waals surface area contributed by atoms with Crippen molar-refractivity contribution in [2.75, 3.05) is 18.1 Å². The van der Waals surface area contributed by atoms with Crippen LogP contribution in [0.2, 0.25) is 0 Å². The molecule has 1 heterocycles. The van der Waals surface area contributed by atoms with Crippen LogP contribution in [0.25, 0.3) is 5.69 Å². The Morgan fingerprint density at radius 2 is 2.29 bits per heavy atom.